The number of carboxylic acids is 1. The maximum Gasteiger partial charge on any atom is 0.345 e. The van der Waals surface area contributed by atoms with Crippen molar-refractivity contribution in [2.24, 2.45) is 0 Å². The number of carbonyl (C=O) groups excluding carboxylic acids is 1. The quantitative estimate of drug-likeness (QED) is 0.774. The normalized spacial score (nSPS) is 10.1. The molecule has 0 aliphatic carbocycles. The van der Waals surface area contributed by atoms with E-state index >= 15 is 0 Å². The van der Waals surface area contributed by atoms with Gasteiger partial charge in [-0.3, -0.25) is 4.79 Å². The predicted octanol–water partition coefficient (Wildman–Crippen LogP) is 2.54. The third kappa shape index (κ3) is 5.00. The number of ether oxygens (including phenoxy) is 2. The van der Waals surface area contributed by atoms with Crippen LogP contribution in [0.2, 0.25) is 0 Å². The Hall–Kier alpha value is -2.54. The number of aromatic carboxylic acids is 1. The topological polar surface area (TPSA) is 84.9 Å². The first-order valence-electron chi connectivity index (χ1n) is 7.03. The number of carbonyl (C=O) groups is 2. The molecule has 23 heavy (non-hydrogen) atoms. The molecule has 0 saturated heterocycles. The Balaban J connectivity index is 1.82. The van der Waals surface area contributed by atoms with Gasteiger partial charge in [0.2, 0.25) is 0 Å². The first-order valence-corrected chi connectivity index (χ1v) is 7.85. The predicted molar refractivity (Wildman–Crippen MR) is 86.2 cm³/mol. The van der Waals surface area contributed by atoms with Crippen molar-refractivity contribution in [2.45, 2.75) is 13.5 Å². The van der Waals surface area contributed by atoms with Gasteiger partial charge in [0.25, 0.3) is 5.91 Å². The lowest BCUT2D eigenvalue weighted by atomic mass is 10.3. The van der Waals surface area contributed by atoms with Gasteiger partial charge in [-0.25, -0.2) is 4.79 Å². The summed E-state index contributed by atoms with van der Waals surface area (Å²) < 4.78 is 10.9. The Morgan fingerprint density at radius 1 is 1.13 bits per heavy atom. The van der Waals surface area contributed by atoms with E-state index in [4.69, 9.17) is 14.6 Å². The van der Waals surface area contributed by atoms with Gasteiger partial charge in [0.1, 0.15) is 4.88 Å². The summed E-state index contributed by atoms with van der Waals surface area (Å²) in [5.74, 6) is -0.161. The maximum atomic E-state index is 11.8. The minimum Gasteiger partial charge on any atom is -0.490 e. The van der Waals surface area contributed by atoms with Crippen LogP contribution in [0.4, 0.5) is 0 Å². The van der Waals surface area contributed by atoms with Gasteiger partial charge in [-0.1, -0.05) is 12.1 Å². The molecule has 0 atom stereocenters. The minimum absolute atomic E-state index is 0.138. The summed E-state index contributed by atoms with van der Waals surface area (Å²) in [7, 11) is 0. The van der Waals surface area contributed by atoms with Gasteiger partial charge in [-0.2, -0.15) is 0 Å². The van der Waals surface area contributed by atoms with Crippen molar-refractivity contribution < 1.29 is 24.2 Å². The van der Waals surface area contributed by atoms with Crippen LogP contribution in [0.3, 0.4) is 0 Å². The van der Waals surface area contributed by atoms with Crippen molar-refractivity contribution in [3.63, 3.8) is 0 Å². The van der Waals surface area contributed by atoms with Crippen molar-refractivity contribution in [1.29, 1.82) is 0 Å². The number of rotatable bonds is 8. The first kappa shape index (κ1) is 16.8. The lowest BCUT2D eigenvalue weighted by molar-refractivity contribution is -0.123. The summed E-state index contributed by atoms with van der Waals surface area (Å²) in [4.78, 5) is 23.6. The molecule has 1 aromatic heterocycles. The fourth-order valence-corrected chi connectivity index (χ4v) is 2.60. The molecule has 1 amide bonds. The Morgan fingerprint density at radius 2 is 1.83 bits per heavy atom. The maximum absolute atomic E-state index is 11.8. The molecule has 2 rings (SSSR count). The number of carboxylic acid groups (broad SMARTS) is 1. The van der Waals surface area contributed by atoms with E-state index in [9.17, 15) is 9.59 Å². The highest BCUT2D eigenvalue weighted by atomic mass is 32.1. The highest BCUT2D eigenvalue weighted by molar-refractivity contribution is 7.13. The summed E-state index contributed by atoms with van der Waals surface area (Å²) in [6.07, 6.45) is 0. The zero-order valence-electron chi connectivity index (χ0n) is 12.6. The van der Waals surface area contributed by atoms with Gasteiger partial charge >= 0.3 is 5.97 Å². The Bertz CT molecular complexity index is 683. The van der Waals surface area contributed by atoms with Gasteiger partial charge < -0.3 is 19.9 Å². The first-order chi connectivity index (χ1) is 11.1. The van der Waals surface area contributed by atoms with Gasteiger partial charge in [0.15, 0.2) is 18.1 Å². The Kier molecular flexibility index (Phi) is 5.99. The molecule has 0 bridgehead atoms. The number of hydrogen-bond acceptors (Lipinski definition) is 5. The molecule has 0 radical (unpaired) electrons. The van der Waals surface area contributed by atoms with E-state index in [-0.39, 0.29) is 23.9 Å². The summed E-state index contributed by atoms with van der Waals surface area (Å²) in [6.45, 7) is 2.52. The second-order valence-corrected chi connectivity index (χ2v) is 5.68. The number of amides is 1. The van der Waals surface area contributed by atoms with E-state index < -0.39 is 5.97 Å². The zero-order valence-corrected chi connectivity index (χ0v) is 13.4. The fraction of sp³-hybridized carbons (Fsp3) is 0.250. The second kappa shape index (κ2) is 8.19. The van der Waals surface area contributed by atoms with E-state index in [0.717, 1.165) is 16.2 Å². The molecular weight excluding hydrogens is 318 g/mol. The third-order valence-corrected chi connectivity index (χ3v) is 3.91. The third-order valence-electron chi connectivity index (χ3n) is 2.84. The molecule has 6 nitrogen and oxygen atoms in total. The molecule has 0 aliphatic heterocycles. The number of thiophene rings is 1. The van der Waals surface area contributed by atoms with Crippen molar-refractivity contribution in [3.05, 3.63) is 46.2 Å². The standard InChI is InChI=1S/C16H17NO5S/c1-2-21-12-5-3-4-6-13(12)22-10-15(18)17-9-11-7-8-14(23-11)16(19)20/h3-8H,2,9-10H2,1H3,(H,17,18)(H,19,20). The second-order valence-electron chi connectivity index (χ2n) is 4.52. The molecule has 7 heteroatoms. The highest BCUT2D eigenvalue weighted by Gasteiger charge is 2.09. The molecule has 122 valence electrons. The summed E-state index contributed by atoms with van der Waals surface area (Å²) in [6, 6.07) is 10.3. The average Bonchev–Trinajstić information content (AvgIpc) is 3.01. The number of benzene rings is 1. The van der Waals surface area contributed by atoms with Crippen LogP contribution >= 0.6 is 11.3 Å². The van der Waals surface area contributed by atoms with Crippen LogP contribution in [-0.2, 0) is 11.3 Å². The van der Waals surface area contributed by atoms with E-state index in [1.807, 2.05) is 13.0 Å². The molecule has 0 unspecified atom stereocenters. The smallest absolute Gasteiger partial charge is 0.345 e. The molecule has 0 saturated carbocycles. The summed E-state index contributed by atoms with van der Waals surface area (Å²) >= 11 is 1.13. The van der Waals surface area contributed by atoms with Crippen LogP contribution in [0.15, 0.2) is 36.4 Å². The number of para-hydroxylation sites is 2. The van der Waals surface area contributed by atoms with Crippen molar-refractivity contribution in [3.8, 4) is 11.5 Å². The van der Waals surface area contributed by atoms with Gasteiger partial charge in [-0.05, 0) is 31.2 Å². The lowest BCUT2D eigenvalue weighted by Crippen LogP contribution is -2.28. The largest absolute Gasteiger partial charge is 0.490 e. The van der Waals surface area contributed by atoms with Gasteiger partial charge in [-0.15, -0.1) is 11.3 Å². The highest BCUT2D eigenvalue weighted by Crippen LogP contribution is 2.26. The Labute approximate surface area is 137 Å². The molecular formula is C16H17NO5S. The molecule has 1 heterocycles. The molecule has 0 fully saturated rings. The van der Waals surface area contributed by atoms with E-state index in [0.29, 0.717) is 18.1 Å². The fourth-order valence-electron chi connectivity index (χ4n) is 1.81. The van der Waals surface area contributed by atoms with Crippen LogP contribution in [0.1, 0.15) is 21.5 Å². The number of nitrogens with one attached hydrogen (secondary N) is 1. The van der Waals surface area contributed by atoms with E-state index in [1.54, 1.807) is 24.3 Å². The van der Waals surface area contributed by atoms with E-state index in [1.165, 1.54) is 6.07 Å². The zero-order chi connectivity index (χ0) is 16.7. The average molecular weight is 335 g/mol. The molecule has 1 aromatic carbocycles. The summed E-state index contributed by atoms with van der Waals surface area (Å²) in [5.41, 5.74) is 0. The minimum atomic E-state index is -0.969. The lowest BCUT2D eigenvalue weighted by Gasteiger charge is -2.11. The van der Waals surface area contributed by atoms with Crippen LogP contribution in [-0.4, -0.2) is 30.2 Å². The van der Waals surface area contributed by atoms with Crippen LogP contribution < -0.4 is 14.8 Å². The van der Waals surface area contributed by atoms with Gasteiger partial charge in [0, 0.05) is 4.88 Å². The van der Waals surface area contributed by atoms with Crippen LogP contribution in [0, 0.1) is 0 Å². The van der Waals surface area contributed by atoms with E-state index in [2.05, 4.69) is 5.32 Å². The molecule has 2 aromatic rings. The Morgan fingerprint density at radius 3 is 2.43 bits per heavy atom. The monoisotopic (exact) mass is 335 g/mol. The van der Waals surface area contributed by atoms with Crippen molar-refractivity contribution in [2.75, 3.05) is 13.2 Å². The molecule has 0 aliphatic rings. The SMILES string of the molecule is CCOc1ccccc1OCC(=O)NCc1ccc(C(=O)O)s1. The van der Waals surface area contributed by atoms with Crippen molar-refractivity contribution >= 4 is 23.2 Å². The van der Waals surface area contributed by atoms with Crippen LogP contribution in [0.5, 0.6) is 11.5 Å². The van der Waals surface area contributed by atoms with Crippen LogP contribution in [0.25, 0.3) is 0 Å². The molecule has 2 N–H and O–H groups in total. The molecule has 0 spiro atoms. The van der Waals surface area contributed by atoms with Gasteiger partial charge in [0.05, 0.1) is 13.2 Å². The number of hydrogen-bond donors (Lipinski definition) is 2. The summed E-state index contributed by atoms with van der Waals surface area (Å²) in [5, 5.41) is 11.5. The van der Waals surface area contributed by atoms with Crippen molar-refractivity contribution in [1.82, 2.24) is 5.32 Å².